The van der Waals surface area contributed by atoms with E-state index < -0.39 is 0 Å². The Hall–Kier alpha value is -2.31. The second-order valence-corrected chi connectivity index (χ2v) is 7.77. The summed E-state index contributed by atoms with van der Waals surface area (Å²) >= 11 is 7.37. The molecule has 27 heavy (non-hydrogen) atoms. The zero-order chi connectivity index (χ0) is 18.8. The van der Waals surface area contributed by atoms with E-state index in [1.165, 1.54) is 17.3 Å². The summed E-state index contributed by atoms with van der Waals surface area (Å²) in [6.07, 6.45) is 4.17. The number of nitrogens with zero attached hydrogens (tertiary/aromatic N) is 2. The van der Waals surface area contributed by atoms with Crippen molar-refractivity contribution in [3.8, 4) is 11.3 Å². The minimum absolute atomic E-state index is 0.00468. The Morgan fingerprint density at radius 1 is 1.26 bits per heavy atom. The number of hydrogen-bond acceptors (Lipinski definition) is 5. The van der Waals surface area contributed by atoms with E-state index in [0.717, 1.165) is 27.7 Å². The van der Waals surface area contributed by atoms with Crippen molar-refractivity contribution in [3.05, 3.63) is 59.5 Å². The third-order valence-electron chi connectivity index (χ3n) is 4.51. The molecule has 0 bridgehead atoms. The molecule has 4 rings (SSSR count). The molecule has 0 amide bonds. The topological polar surface area (TPSA) is 67.9 Å². The van der Waals surface area contributed by atoms with E-state index in [1.54, 1.807) is 12.5 Å². The number of nitrogens with one attached hydrogen (secondary N) is 1. The van der Waals surface area contributed by atoms with Crippen molar-refractivity contribution < 1.29 is 9.53 Å². The molecular weight excluding hydrogens is 382 g/mol. The molecule has 2 aromatic heterocycles. The molecule has 0 saturated heterocycles. The summed E-state index contributed by atoms with van der Waals surface area (Å²) in [5, 5.41) is 2.30. The van der Waals surface area contributed by atoms with Gasteiger partial charge in [-0.3, -0.25) is 4.79 Å². The number of ether oxygens (including phenoxy) is 1. The van der Waals surface area contributed by atoms with Crippen molar-refractivity contribution in [1.29, 1.82) is 0 Å². The van der Waals surface area contributed by atoms with Gasteiger partial charge < -0.3 is 9.72 Å². The fourth-order valence-corrected chi connectivity index (χ4v) is 3.99. The van der Waals surface area contributed by atoms with Gasteiger partial charge >= 0.3 is 5.97 Å². The lowest BCUT2D eigenvalue weighted by Gasteiger charge is -2.05. The van der Waals surface area contributed by atoms with Gasteiger partial charge in [-0.15, -0.1) is 0 Å². The van der Waals surface area contributed by atoms with Gasteiger partial charge in [-0.25, -0.2) is 9.97 Å². The van der Waals surface area contributed by atoms with Crippen molar-refractivity contribution >= 4 is 29.3 Å². The molecule has 7 heteroatoms. The number of H-pyrrole nitrogens is 1. The van der Waals surface area contributed by atoms with E-state index in [4.69, 9.17) is 16.3 Å². The number of carbonyl (C=O) groups excluding carboxylic acids is 1. The second-order valence-electron chi connectivity index (χ2n) is 6.32. The van der Waals surface area contributed by atoms with E-state index in [9.17, 15) is 4.79 Å². The number of esters is 1. The molecule has 5 nitrogen and oxygen atoms in total. The van der Waals surface area contributed by atoms with Crippen LogP contribution < -0.4 is 0 Å². The lowest BCUT2D eigenvalue weighted by molar-refractivity contribution is -0.144. The van der Waals surface area contributed by atoms with Crippen molar-refractivity contribution in [2.75, 3.05) is 6.61 Å². The SMILES string of the molecule is CCOC(=O)[C@@H]1C[C@H]1c1ccc(-c2[nH]cnc2Sc2ccc(Cl)cn2)cc1. The number of carbonyl (C=O) groups is 1. The summed E-state index contributed by atoms with van der Waals surface area (Å²) in [6, 6.07) is 12.0. The van der Waals surface area contributed by atoms with Crippen LogP contribution in [0.3, 0.4) is 0 Å². The van der Waals surface area contributed by atoms with Gasteiger partial charge in [0.2, 0.25) is 0 Å². The van der Waals surface area contributed by atoms with Crippen LogP contribution in [0.4, 0.5) is 0 Å². The number of aromatic nitrogens is 3. The Morgan fingerprint density at radius 3 is 2.78 bits per heavy atom. The monoisotopic (exact) mass is 399 g/mol. The molecule has 0 aliphatic heterocycles. The molecule has 0 spiro atoms. The first-order valence-electron chi connectivity index (χ1n) is 8.75. The predicted octanol–water partition coefficient (Wildman–Crippen LogP) is 4.94. The standard InChI is InChI=1S/C20H18ClN3O2S/c1-2-26-20(25)16-9-15(16)12-3-5-13(6-4-12)18-19(24-11-23-18)27-17-8-7-14(21)10-22-17/h3-8,10-11,15-16H,2,9H2,1H3,(H,23,24)/t15-,16+/m0/s1. The van der Waals surface area contributed by atoms with Gasteiger partial charge in [-0.1, -0.05) is 35.9 Å². The summed E-state index contributed by atoms with van der Waals surface area (Å²) in [7, 11) is 0. The summed E-state index contributed by atoms with van der Waals surface area (Å²) in [6.45, 7) is 2.27. The molecule has 2 heterocycles. The lowest BCUT2D eigenvalue weighted by atomic mass is 10.1. The smallest absolute Gasteiger partial charge is 0.309 e. The van der Waals surface area contributed by atoms with E-state index in [1.807, 2.05) is 19.1 Å². The minimum atomic E-state index is -0.0886. The van der Waals surface area contributed by atoms with Gasteiger partial charge in [-0.2, -0.15) is 0 Å². The predicted molar refractivity (Wildman–Crippen MR) is 105 cm³/mol. The maximum Gasteiger partial charge on any atom is 0.309 e. The number of halogens is 1. The first-order valence-corrected chi connectivity index (χ1v) is 9.95. The third-order valence-corrected chi connectivity index (χ3v) is 5.69. The van der Waals surface area contributed by atoms with Crippen molar-refractivity contribution in [2.45, 2.75) is 29.3 Å². The number of rotatable bonds is 6. The second kappa shape index (κ2) is 7.74. The summed E-state index contributed by atoms with van der Waals surface area (Å²) < 4.78 is 5.11. The molecule has 0 unspecified atom stereocenters. The lowest BCUT2D eigenvalue weighted by Crippen LogP contribution is -2.07. The van der Waals surface area contributed by atoms with Gasteiger partial charge in [0, 0.05) is 11.8 Å². The number of hydrogen-bond donors (Lipinski definition) is 1. The Bertz CT molecular complexity index is 941. The zero-order valence-electron chi connectivity index (χ0n) is 14.7. The van der Waals surface area contributed by atoms with Gasteiger partial charge in [0.15, 0.2) is 0 Å². The average molecular weight is 400 g/mol. The Labute approximate surface area is 166 Å². The van der Waals surface area contributed by atoms with Crippen LogP contribution in [0, 0.1) is 5.92 Å². The van der Waals surface area contributed by atoms with Crippen LogP contribution in [-0.2, 0) is 9.53 Å². The Kier molecular flexibility index (Phi) is 5.18. The van der Waals surface area contributed by atoms with Crippen LogP contribution in [0.1, 0.15) is 24.8 Å². The summed E-state index contributed by atoms with van der Waals surface area (Å²) in [5.74, 6) is 0.186. The van der Waals surface area contributed by atoms with Crippen LogP contribution >= 0.6 is 23.4 Å². The molecule has 1 aliphatic carbocycles. The van der Waals surface area contributed by atoms with E-state index in [0.29, 0.717) is 11.6 Å². The highest BCUT2D eigenvalue weighted by Gasteiger charge is 2.45. The maximum absolute atomic E-state index is 11.8. The summed E-state index contributed by atoms with van der Waals surface area (Å²) in [5.41, 5.74) is 3.16. The molecule has 1 aromatic carbocycles. The van der Waals surface area contributed by atoms with Crippen LogP contribution in [0.25, 0.3) is 11.3 Å². The molecule has 2 atom stereocenters. The Morgan fingerprint density at radius 2 is 2.07 bits per heavy atom. The molecule has 3 aromatic rings. The number of benzene rings is 1. The van der Waals surface area contributed by atoms with E-state index >= 15 is 0 Å². The maximum atomic E-state index is 11.8. The van der Waals surface area contributed by atoms with Gasteiger partial charge in [0.1, 0.15) is 10.1 Å². The van der Waals surface area contributed by atoms with Crippen molar-refractivity contribution in [2.24, 2.45) is 5.92 Å². The zero-order valence-corrected chi connectivity index (χ0v) is 16.3. The average Bonchev–Trinajstić information content (AvgIpc) is 3.36. The van der Waals surface area contributed by atoms with E-state index in [-0.39, 0.29) is 17.8 Å². The fraction of sp³-hybridized carbons (Fsp3) is 0.250. The van der Waals surface area contributed by atoms with Gasteiger partial charge in [-0.05, 0) is 48.7 Å². The minimum Gasteiger partial charge on any atom is -0.466 e. The van der Waals surface area contributed by atoms with Crippen LogP contribution in [0.2, 0.25) is 5.02 Å². The van der Waals surface area contributed by atoms with Gasteiger partial charge in [0.25, 0.3) is 0 Å². The molecule has 0 radical (unpaired) electrons. The largest absolute Gasteiger partial charge is 0.466 e. The molecular formula is C20H18ClN3O2S. The normalized spacial score (nSPS) is 18.3. The van der Waals surface area contributed by atoms with Crippen molar-refractivity contribution in [1.82, 2.24) is 15.0 Å². The van der Waals surface area contributed by atoms with Gasteiger partial charge in [0.05, 0.1) is 29.6 Å². The Balaban J connectivity index is 1.48. The third kappa shape index (κ3) is 4.01. The molecule has 1 fully saturated rings. The fourth-order valence-electron chi connectivity index (χ4n) is 3.06. The highest BCUT2D eigenvalue weighted by atomic mass is 35.5. The molecule has 1 aliphatic rings. The summed E-state index contributed by atoms with van der Waals surface area (Å²) in [4.78, 5) is 23.7. The molecule has 138 valence electrons. The van der Waals surface area contributed by atoms with E-state index in [2.05, 4.69) is 39.2 Å². The van der Waals surface area contributed by atoms with Crippen molar-refractivity contribution in [3.63, 3.8) is 0 Å². The highest BCUT2D eigenvalue weighted by Crippen LogP contribution is 2.48. The quantitative estimate of drug-likeness (QED) is 0.594. The van der Waals surface area contributed by atoms with Crippen LogP contribution in [0.5, 0.6) is 0 Å². The molecule has 1 saturated carbocycles. The van der Waals surface area contributed by atoms with Crippen LogP contribution in [0.15, 0.2) is 59.0 Å². The number of aromatic amines is 1. The highest BCUT2D eigenvalue weighted by molar-refractivity contribution is 7.99. The number of pyridine rings is 1. The molecule has 1 N–H and O–H groups in total. The first kappa shape index (κ1) is 18.1. The first-order chi connectivity index (χ1) is 13.2. The van der Waals surface area contributed by atoms with Crippen LogP contribution in [-0.4, -0.2) is 27.5 Å². The number of imidazole rings is 1.